The molecule has 0 fully saturated rings. The van der Waals surface area contributed by atoms with Crippen LogP contribution in [0.5, 0.6) is 0 Å². The molecule has 0 spiro atoms. The third kappa shape index (κ3) is 18.3. The van der Waals surface area contributed by atoms with Crippen molar-refractivity contribution < 1.29 is 129 Å². The van der Waals surface area contributed by atoms with E-state index in [1.807, 2.05) is 121 Å². The summed E-state index contributed by atoms with van der Waals surface area (Å²) < 4.78 is 0. The molecule has 0 aliphatic carbocycles. The SMILES string of the molecule is [Eu+3].[Eu+3].[O-]C(CC([O-])c1ccccc1)c1ccccc1.[O-]C(CC([O-])c1ccccc1)c1ccccc1.[O-]C(CC([O-])c1ccccc1)c1ccccc1.c1cnc2c(c1)ccc1cccnc12. The minimum atomic E-state index is -0.945. The van der Waals surface area contributed by atoms with E-state index in [1.165, 1.54) is 0 Å². The number of hydrogen-bond donors (Lipinski definition) is 0. The molecule has 0 N–H and O–H groups in total. The standard InChI is InChI=1S/3C15H14O2.C12H8N2.2Eu/c3*16-14(12-7-3-1-4-8-12)11-15(17)13-9-5-2-6-10-13;1-3-9-5-6-10-4-2-8-14-12(10)11(9)13-7-1;;/h3*1-10,14-15H,11H2;1-8H;;/q3*-2;;2*+3. The van der Waals surface area contributed by atoms with Crippen molar-refractivity contribution >= 4 is 21.8 Å². The summed E-state index contributed by atoms with van der Waals surface area (Å²) in [5.74, 6) is 0. The van der Waals surface area contributed by atoms with Crippen molar-refractivity contribution in [3.8, 4) is 0 Å². The third-order valence-corrected chi connectivity index (χ3v) is 10.7. The maximum Gasteiger partial charge on any atom is 3.00 e. The Morgan fingerprint density at radius 3 is 0.642 bits per heavy atom. The van der Waals surface area contributed by atoms with Gasteiger partial charge in [0.1, 0.15) is 0 Å². The molecule has 338 valence electrons. The van der Waals surface area contributed by atoms with Gasteiger partial charge in [-0.25, -0.2) is 0 Å². The van der Waals surface area contributed by atoms with Crippen molar-refractivity contribution in [2.24, 2.45) is 0 Å². The number of fused-ring (bicyclic) bond motifs is 3. The average Bonchev–Trinajstić information content (AvgIpc) is 3.38. The van der Waals surface area contributed by atoms with E-state index >= 15 is 0 Å². The van der Waals surface area contributed by atoms with Gasteiger partial charge in [-0.3, -0.25) is 9.97 Å². The second kappa shape index (κ2) is 30.7. The quantitative estimate of drug-likeness (QED) is 0.113. The Hall–Kier alpha value is -3.71. The molecule has 6 atom stereocenters. The summed E-state index contributed by atoms with van der Waals surface area (Å²) in [6, 6.07) is 66.5. The molecule has 0 radical (unpaired) electrons. The second-order valence-electron chi connectivity index (χ2n) is 15.3. The first-order valence-electron chi connectivity index (χ1n) is 21.6. The van der Waals surface area contributed by atoms with E-state index < -0.39 is 36.6 Å². The predicted octanol–water partition coefficient (Wildman–Crippen LogP) is 7.52. The van der Waals surface area contributed by atoms with Gasteiger partial charge < -0.3 is 30.6 Å². The monoisotopic (exact) mass is 1160 g/mol. The molecule has 2 aromatic heterocycles. The fourth-order valence-electron chi connectivity index (χ4n) is 7.09. The van der Waals surface area contributed by atoms with Crippen molar-refractivity contribution in [1.29, 1.82) is 0 Å². The normalized spacial score (nSPS) is 13.1. The zero-order valence-corrected chi connectivity index (χ0v) is 41.5. The van der Waals surface area contributed by atoms with Crippen LogP contribution in [0.3, 0.4) is 0 Å². The number of pyridine rings is 2. The van der Waals surface area contributed by atoms with E-state index in [4.69, 9.17) is 0 Å². The Balaban J connectivity index is 0.000000193. The zero-order chi connectivity index (χ0) is 45.6. The molecule has 0 amide bonds. The molecule has 8 nitrogen and oxygen atoms in total. The predicted molar refractivity (Wildman–Crippen MR) is 246 cm³/mol. The van der Waals surface area contributed by atoms with E-state index in [9.17, 15) is 30.6 Å². The molecule has 0 aliphatic heterocycles. The Kier molecular flexibility index (Phi) is 25.6. The topological polar surface area (TPSA) is 164 Å². The fourth-order valence-corrected chi connectivity index (χ4v) is 7.09. The minimum Gasteiger partial charge on any atom is -0.849 e. The number of aromatic nitrogens is 2. The van der Waals surface area contributed by atoms with Crippen molar-refractivity contribution in [2.75, 3.05) is 0 Å². The molecule has 2 heterocycles. The van der Waals surface area contributed by atoms with Crippen LogP contribution in [0, 0.1) is 98.8 Å². The van der Waals surface area contributed by atoms with Gasteiger partial charge in [-0.05, 0) is 12.1 Å². The van der Waals surface area contributed by atoms with Gasteiger partial charge in [0.05, 0.1) is 11.0 Å². The van der Waals surface area contributed by atoms with Gasteiger partial charge in [0.25, 0.3) is 0 Å². The van der Waals surface area contributed by atoms with Crippen molar-refractivity contribution in [3.05, 3.63) is 264 Å². The maximum absolute atomic E-state index is 11.9. The van der Waals surface area contributed by atoms with Gasteiger partial charge in [0.15, 0.2) is 0 Å². The average molecular weight is 1160 g/mol. The van der Waals surface area contributed by atoms with Crippen molar-refractivity contribution in [1.82, 2.24) is 9.97 Å². The van der Waals surface area contributed by atoms with Crippen LogP contribution in [-0.4, -0.2) is 9.97 Å². The first-order valence-corrected chi connectivity index (χ1v) is 21.6. The smallest absolute Gasteiger partial charge is 0.849 e. The minimum absolute atomic E-state index is 0. The fraction of sp³-hybridized carbons (Fsp3) is 0.158. The van der Waals surface area contributed by atoms with E-state index in [-0.39, 0.29) is 118 Å². The van der Waals surface area contributed by atoms with Crippen LogP contribution in [0.2, 0.25) is 0 Å². The zero-order valence-electron chi connectivity index (χ0n) is 36.6. The summed E-state index contributed by atoms with van der Waals surface area (Å²) in [6.07, 6.45) is -1.79. The summed E-state index contributed by atoms with van der Waals surface area (Å²) in [7, 11) is 0. The first-order chi connectivity index (χ1) is 31.8. The van der Waals surface area contributed by atoms with Gasteiger partial charge in [-0.2, -0.15) is 0 Å². The van der Waals surface area contributed by atoms with Crippen molar-refractivity contribution in [2.45, 2.75) is 55.9 Å². The van der Waals surface area contributed by atoms with E-state index in [2.05, 4.69) is 34.2 Å². The van der Waals surface area contributed by atoms with Gasteiger partial charge in [0.2, 0.25) is 0 Å². The molecular formula is C57H50Eu2N2O6. The van der Waals surface area contributed by atoms with E-state index in [0.29, 0.717) is 33.4 Å². The summed E-state index contributed by atoms with van der Waals surface area (Å²) >= 11 is 0. The molecule has 7 aromatic carbocycles. The van der Waals surface area contributed by atoms with Crippen molar-refractivity contribution in [3.63, 3.8) is 0 Å². The van der Waals surface area contributed by atoms with Gasteiger partial charge in [-0.15, -0.1) is 36.6 Å². The molecular weight excluding hydrogens is 1110 g/mol. The van der Waals surface area contributed by atoms with Gasteiger partial charge >= 0.3 is 98.8 Å². The molecule has 0 saturated carbocycles. The van der Waals surface area contributed by atoms with E-state index in [1.54, 1.807) is 85.2 Å². The summed E-state index contributed by atoms with van der Waals surface area (Å²) in [5, 5.41) is 73.7. The molecule has 0 aliphatic rings. The van der Waals surface area contributed by atoms with Crippen LogP contribution in [0.1, 0.15) is 89.3 Å². The molecule has 0 bridgehead atoms. The molecule has 10 heteroatoms. The number of hydrogen-bond acceptors (Lipinski definition) is 8. The summed E-state index contributed by atoms with van der Waals surface area (Å²) in [4.78, 5) is 8.69. The number of rotatable bonds is 12. The van der Waals surface area contributed by atoms with Crippen LogP contribution >= 0.6 is 0 Å². The Labute approximate surface area is 475 Å². The van der Waals surface area contributed by atoms with Gasteiger partial charge in [0, 0.05) is 23.2 Å². The van der Waals surface area contributed by atoms with Crippen LogP contribution in [0.4, 0.5) is 0 Å². The summed E-state index contributed by atoms with van der Waals surface area (Å²) in [5.41, 5.74) is 6.06. The van der Waals surface area contributed by atoms with Crippen LogP contribution in [0.25, 0.3) is 21.8 Å². The maximum atomic E-state index is 11.9. The molecule has 9 aromatic rings. The molecule has 0 saturated heterocycles. The number of nitrogens with zero attached hydrogens (tertiary/aromatic N) is 2. The Bertz CT molecular complexity index is 2300. The van der Waals surface area contributed by atoms with Crippen LogP contribution in [0.15, 0.2) is 231 Å². The first kappa shape index (κ1) is 55.9. The van der Waals surface area contributed by atoms with Crippen LogP contribution < -0.4 is 30.6 Å². The summed E-state index contributed by atoms with van der Waals surface area (Å²) in [6.45, 7) is 0. The Morgan fingerprint density at radius 2 is 0.448 bits per heavy atom. The number of benzene rings is 7. The van der Waals surface area contributed by atoms with Crippen LogP contribution in [-0.2, 0) is 0 Å². The molecule has 9 rings (SSSR count). The molecule has 6 unspecified atom stereocenters. The third-order valence-electron chi connectivity index (χ3n) is 10.7. The second-order valence-corrected chi connectivity index (χ2v) is 15.3. The Morgan fingerprint density at radius 1 is 0.254 bits per heavy atom. The van der Waals surface area contributed by atoms with Gasteiger partial charge in [-0.1, -0.05) is 259 Å². The molecule has 67 heavy (non-hydrogen) atoms. The largest absolute Gasteiger partial charge is 3.00 e. The van der Waals surface area contributed by atoms with E-state index in [0.717, 1.165) is 21.8 Å².